The summed E-state index contributed by atoms with van der Waals surface area (Å²) in [5.41, 5.74) is 5.39. The van der Waals surface area contributed by atoms with Gasteiger partial charge in [-0.25, -0.2) is 0 Å². The largest absolute Gasteiger partial charge is 0.0625 e. The highest BCUT2D eigenvalue weighted by molar-refractivity contribution is 5.35. The Balaban J connectivity index is 1.90. The van der Waals surface area contributed by atoms with Crippen LogP contribution in [0, 0.1) is 18.3 Å². The minimum absolute atomic E-state index is 0.681. The molecule has 0 aromatic heterocycles. The SMILES string of the molecule is Cc1ccc2c(c1)CC1(CC2)CCC(C)C1. The van der Waals surface area contributed by atoms with Crippen LogP contribution >= 0.6 is 0 Å². The molecule has 0 saturated heterocycles. The lowest BCUT2D eigenvalue weighted by molar-refractivity contribution is 0.246. The van der Waals surface area contributed by atoms with Crippen molar-refractivity contribution >= 4 is 0 Å². The maximum atomic E-state index is 2.43. The van der Waals surface area contributed by atoms with E-state index in [1.165, 1.54) is 44.1 Å². The molecule has 0 heterocycles. The maximum Gasteiger partial charge on any atom is -0.0219 e. The summed E-state index contributed by atoms with van der Waals surface area (Å²) in [5, 5.41) is 0. The van der Waals surface area contributed by atoms with Crippen LogP contribution in [0.3, 0.4) is 0 Å². The van der Waals surface area contributed by atoms with Gasteiger partial charge >= 0.3 is 0 Å². The summed E-state index contributed by atoms with van der Waals surface area (Å²) < 4.78 is 0. The van der Waals surface area contributed by atoms with Crippen molar-refractivity contribution < 1.29 is 0 Å². The molecule has 2 unspecified atom stereocenters. The Labute approximate surface area is 99.1 Å². The highest BCUT2D eigenvalue weighted by Gasteiger charge is 2.39. The van der Waals surface area contributed by atoms with Crippen LogP contribution in [0.4, 0.5) is 0 Å². The zero-order valence-electron chi connectivity index (χ0n) is 10.6. The van der Waals surface area contributed by atoms with Crippen molar-refractivity contribution in [2.24, 2.45) is 11.3 Å². The number of fused-ring (bicyclic) bond motifs is 1. The molecule has 2 atom stereocenters. The van der Waals surface area contributed by atoms with Crippen LogP contribution < -0.4 is 0 Å². The number of benzene rings is 1. The van der Waals surface area contributed by atoms with Gasteiger partial charge in [0.1, 0.15) is 0 Å². The van der Waals surface area contributed by atoms with Gasteiger partial charge in [-0.05, 0) is 61.5 Å². The molecule has 0 radical (unpaired) electrons. The molecule has 1 spiro atoms. The molecule has 3 rings (SSSR count). The second-order valence-corrected chi connectivity index (χ2v) is 6.30. The summed E-state index contributed by atoms with van der Waals surface area (Å²) >= 11 is 0. The first kappa shape index (κ1) is 10.4. The van der Waals surface area contributed by atoms with Gasteiger partial charge in [0.25, 0.3) is 0 Å². The predicted octanol–water partition coefficient (Wildman–Crippen LogP) is 4.29. The fourth-order valence-corrected chi connectivity index (χ4v) is 3.94. The van der Waals surface area contributed by atoms with Crippen LogP contribution in [0.15, 0.2) is 18.2 Å². The Hall–Kier alpha value is -0.780. The molecule has 1 aromatic rings. The third kappa shape index (κ3) is 1.69. The highest BCUT2D eigenvalue weighted by Crippen LogP contribution is 2.49. The van der Waals surface area contributed by atoms with Crippen LogP contribution in [0.2, 0.25) is 0 Å². The Bertz CT molecular complexity index is 404. The van der Waals surface area contributed by atoms with Crippen molar-refractivity contribution in [1.82, 2.24) is 0 Å². The van der Waals surface area contributed by atoms with Gasteiger partial charge in [0.2, 0.25) is 0 Å². The van der Waals surface area contributed by atoms with E-state index in [9.17, 15) is 0 Å². The number of hydrogen-bond acceptors (Lipinski definition) is 0. The molecule has 0 bridgehead atoms. The zero-order chi connectivity index (χ0) is 11.2. The molecule has 1 saturated carbocycles. The lowest BCUT2D eigenvalue weighted by Gasteiger charge is -2.35. The first-order chi connectivity index (χ1) is 7.67. The van der Waals surface area contributed by atoms with Crippen molar-refractivity contribution in [2.75, 3.05) is 0 Å². The molecule has 0 nitrogen and oxygen atoms in total. The molecule has 0 N–H and O–H groups in total. The Kier molecular flexibility index (Phi) is 2.34. The molecule has 16 heavy (non-hydrogen) atoms. The third-order valence-electron chi connectivity index (χ3n) is 4.80. The molecular formula is C16H22. The summed E-state index contributed by atoms with van der Waals surface area (Å²) in [5.74, 6) is 0.964. The van der Waals surface area contributed by atoms with Crippen LogP contribution in [0.1, 0.15) is 49.3 Å². The second-order valence-electron chi connectivity index (χ2n) is 6.30. The smallest absolute Gasteiger partial charge is 0.0219 e. The number of aryl methyl sites for hydroxylation is 2. The molecule has 2 aliphatic rings. The monoisotopic (exact) mass is 214 g/mol. The lowest BCUT2D eigenvalue weighted by Crippen LogP contribution is -2.26. The van der Waals surface area contributed by atoms with Gasteiger partial charge in [0, 0.05) is 0 Å². The van der Waals surface area contributed by atoms with E-state index >= 15 is 0 Å². The number of rotatable bonds is 0. The van der Waals surface area contributed by atoms with E-state index in [0.717, 1.165) is 5.92 Å². The summed E-state index contributed by atoms with van der Waals surface area (Å²) in [7, 11) is 0. The molecule has 1 fully saturated rings. The molecule has 0 heteroatoms. The van der Waals surface area contributed by atoms with Crippen LogP contribution in [0.25, 0.3) is 0 Å². The number of hydrogen-bond donors (Lipinski definition) is 0. The average molecular weight is 214 g/mol. The van der Waals surface area contributed by atoms with Gasteiger partial charge in [0.05, 0.1) is 0 Å². The average Bonchev–Trinajstić information content (AvgIpc) is 2.59. The van der Waals surface area contributed by atoms with Gasteiger partial charge in [-0.15, -0.1) is 0 Å². The predicted molar refractivity (Wildman–Crippen MR) is 68.7 cm³/mol. The first-order valence-electron chi connectivity index (χ1n) is 6.75. The van der Waals surface area contributed by atoms with E-state index in [4.69, 9.17) is 0 Å². The van der Waals surface area contributed by atoms with Gasteiger partial charge in [-0.2, -0.15) is 0 Å². The summed E-state index contributed by atoms with van der Waals surface area (Å²) in [6, 6.07) is 7.06. The zero-order valence-corrected chi connectivity index (χ0v) is 10.6. The molecular weight excluding hydrogens is 192 g/mol. The van der Waals surface area contributed by atoms with E-state index in [1.807, 2.05) is 0 Å². The van der Waals surface area contributed by atoms with Crippen molar-refractivity contribution in [3.63, 3.8) is 0 Å². The second kappa shape index (κ2) is 3.61. The van der Waals surface area contributed by atoms with Crippen molar-refractivity contribution in [3.8, 4) is 0 Å². The van der Waals surface area contributed by atoms with E-state index in [1.54, 1.807) is 11.1 Å². The summed E-state index contributed by atoms with van der Waals surface area (Å²) in [6.45, 7) is 4.65. The highest BCUT2D eigenvalue weighted by atomic mass is 14.4. The minimum atomic E-state index is 0.681. The summed E-state index contributed by atoms with van der Waals surface area (Å²) in [4.78, 5) is 0. The third-order valence-corrected chi connectivity index (χ3v) is 4.80. The van der Waals surface area contributed by atoms with Crippen molar-refractivity contribution in [1.29, 1.82) is 0 Å². The lowest BCUT2D eigenvalue weighted by atomic mass is 9.70. The molecule has 2 aliphatic carbocycles. The maximum absolute atomic E-state index is 2.43. The Morgan fingerprint density at radius 1 is 1.19 bits per heavy atom. The van der Waals surface area contributed by atoms with Crippen LogP contribution in [0.5, 0.6) is 0 Å². The Morgan fingerprint density at radius 3 is 2.81 bits per heavy atom. The van der Waals surface area contributed by atoms with E-state index in [-0.39, 0.29) is 0 Å². The van der Waals surface area contributed by atoms with Gasteiger partial charge in [-0.1, -0.05) is 37.1 Å². The van der Waals surface area contributed by atoms with Crippen LogP contribution in [-0.2, 0) is 12.8 Å². The standard InChI is InChI=1S/C16H22/c1-12-3-4-14-6-8-16(11-15(14)9-12)7-5-13(2)10-16/h3-4,9,13H,5-8,10-11H2,1-2H3. The van der Waals surface area contributed by atoms with Gasteiger partial charge in [-0.3, -0.25) is 0 Å². The fourth-order valence-electron chi connectivity index (χ4n) is 3.94. The fraction of sp³-hybridized carbons (Fsp3) is 0.625. The molecule has 1 aromatic carbocycles. The van der Waals surface area contributed by atoms with Crippen molar-refractivity contribution in [3.05, 3.63) is 34.9 Å². The van der Waals surface area contributed by atoms with Crippen LogP contribution in [-0.4, -0.2) is 0 Å². The molecule has 0 amide bonds. The molecule has 86 valence electrons. The van der Waals surface area contributed by atoms with Crippen molar-refractivity contribution in [2.45, 2.75) is 52.4 Å². The Morgan fingerprint density at radius 2 is 2.06 bits per heavy atom. The van der Waals surface area contributed by atoms with Gasteiger partial charge in [0.15, 0.2) is 0 Å². The summed E-state index contributed by atoms with van der Waals surface area (Å²) in [6.07, 6.45) is 8.52. The minimum Gasteiger partial charge on any atom is -0.0625 e. The van der Waals surface area contributed by atoms with E-state index in [0.29, 0.717) is 5.41 Å². The quantitative estimate of drug-likeness (QED) is 0.604. The van der Waals surface area contributed by atoms with E-state index < -0.39 is 0 Å². The topological polar surface area (TPSA) is 0 Å². The molecule has 0 aliphatic heterocycles. The first-order valence-corrected chi connectivity index (χ1v) is 6.75. The van der Waals surface area contributed by atoms with Gasteiger partial charge < -0.3 is 0 Å². The normalized spacial score (nSPS) is 33.0. The van der Waals surface area contributed by atoms with E-state index in [2.05, 4.69) is 32.0 Å².